The van der Waals surface area contributed by atoms with E-state index >= 15 is 0 Å². The molecule has 0 aromatic heterocycles. The van der Waals surface area contributed by atoms with E-state index in [2.05, 4.69) is 21.2 Å². The normalized spacial score (nSPS) is 19.2. The number of rotatable bonds is 11. The van der Waals surface area contributed by atoms with Gasteiger partial charge in [0, 0.05) is 70.9 Å². The number of halogens is 4. The summed E-state index contributed by atoms with van der Waals surface area (Å²) in [6.07, 6.45) is 6.19. The van der Waals surface area contributed by atoms with Crippen LogP contribution in [0.3, 0.4) is 0 Å². The van der Waals surface area contributed by atoms with Gasteiger partial charge in [0.05, 0.1) is 18.1 Å². The highest BCUT2D eigenvalue weighted by Crippen LogP contribution is 2.28. The van der Waals surface area contributed by atoms with Crippen LogP contribution in [-0.2, 0) is 24.1 Å². The van der Waals surface area contributed by atoms with Crippen LogP contribution in [0.4, 0.5) is 4.39 Å². The SMILES string of the molecule is CN(C[C@@H](CCN1CC(N2CCNCC2CCO)C1)c1ccc(F)cc1)C(=O)Cc1cc(C#N)cc2c1CCCC2.Cl.Cl.Cl. The van der Waals surface area contributed by atoms with E-state index in [-0.39, 0.29) is 61.5 Å². The Morgan fingerprint density at radius 2 is 1.89 bits per heavy atom. The number of fused-ring (bicyclic) bond motifs is 1. The van der Waals surface area contributed by atoms with E-state index < -0.39 is 0 Å². The van der Waals surface area contributed by atoms with Crippen molar-refractivity contribution < 1.29 is 14.3 Å². The predicted molar refractivity (Wildman–Crippen MR) is 180 cm³/mol. The van der Waals surface area contributed by atoms with E-state index in [1.165, 1.54) is 23.3 Å². The van der Waals surface area contributed by atoms with Crippen molar-refractivity contribution in [3.05, 3.63) is 70.0 Å². The molecule has 2 atom stereocenters. The van der Waals surface area contributed by atoms with Crippen LogP contribution in [0.1, 0.15) is 59.4 Å². The Morgan fingerprint density at radius 3 is 2.59 bits per heavy atom. The molecule has 2 fully saturated rings. The quantitative estimate of drug-likeness (QED) is 0.370. The van der Waals surface area contributed by atoms with Crippen LogP contribution in [0.5, 0.6) is 0 Å². The molecule has 1 amide bonds. The number of benzene rings is 2. The first kappa shape index (κ1) is 38.2. The van der Waals surface area contributed by atoms with E-state index in [1.54, 1.807) is 0 Å². The number of aliphatic hydroxyl groups is 1. The number of nitrogens with one attached hydrogen (secondary N) is 1. The molecule has 0 bridgehead atoms. The highest BCUT2D eigenvalue weighted by atomic mass is 35.5. The summed E-state index contributed by atoms with van der Waals surface area (Å²) in [5, 5.41) is 22.5. The van der Waals surface area contributed by atoms with E-state index in [9.17, 15) is 19.6 Å². The Morgan fingerprint density at radius 1 is 1.16 bits per heavy atom. The van der Waals surface area contributed by atoms with Crippen LogP contribution >= 0.6 is 37.2 Å². The Bertz CT molecular complexity index is 1240. The van der Waals surface area contributed by atoms with Crippen LogP contribution in [0, 0.1) is 17.1 Å². The molecule has 0 radical (unpaired) electrons. The summed E-state index contributed by atoms with van der Waals surface area (Å²) in [6.45, 7) is 6.71. The molecular weight excluding hydrogens is 624 g/mol. The summed E-state index contributed by atoms with van der Waals surface area (Å²) in [6, 6.07) is 13.8. The lowest BCUT2D eigenvalue weighted by Gasteiger charge is -2.50. The van der Waals surface area contributed by atoms with Gasteiger partial charge in [0.2, 0.25) is 5.91 Å². The number of carbonyl (C=O) groups excluding carboxylic acids is 1. The molecule has 5 rings (SSSR count). The fourth-order valence-electron chi connectivity index (χ4n) is 6.96. The third-order valence-corrected chi connectivity index (χ3v) is 9.35. The molecular formula is C33H47Cl3FN5O2. The molecule has 2 aliphatic heterocycles. The van der Waals surface area contributed by atoms with Gasteiger partial charge >= 0.3 is 0 Å². The van der Waals surface area contributed by atoms with E-state index in [4.69, 9.17) is 0 Å². The molecule has 3 aliphatic rings. The molecule has 244 valence electrons. The monoisotopic (exact) mass is 669 g/mol. The second-order valence-corrected chi connectivity index (χ2v) is 12.1. The Balaban J connectivity index is 0.00000225. The molecule has 1 unspecified atom stereocenters. The lowest BCUT2D eigenvalue weighted by atomic mass is 9.85. The summed E-state index contributed by atoms with van der Waals surface area (Å²) in [5.74, 6) is -0.0972. The standard InChI is InChI=1S/C33H44FN5O2.3ClH/c1-37(33(41)18-28-17-24(19-35)16-26-4-2-3-5-32(26)28)21-27(25-6-8-29(34)9-7-25)10-13-38-22-31(23-38)39-14-12-36-20-30(39)11-15-40;;;/h6-9,16-17,27,30-31,36,40H,2-5,10-15,18,20-23H2,1H3;3*1H/t27-,30?;;;/m1.../s1. The maximum atomic E-state index is 13.7. The number of aliphatic hydroxyl groups excluding tert-OH is 1. The summed E-state index contributed by atoms with van der Waals surface area (Å²) in [5.41, 5.74) is 5.16. The van der Waals surface area contributed by atoms with E-state index in [0.29, 0.717) is 30.6 Å². The zero-order chi connectivity index (χ0) is 28.8. The van der Waals surface area contributed by atoms with Crippen molar-refractivity contribution in [2.75, 3.05) is 59.5 Å². The second-order valence-electron chi connectivity index (χ2n) is 12.1. The van der Waals surface area contributed by atoms with Crippen LogP contribution in [0.2, 0.25) is 0 Å². The molecule has 2 aromatic rings. The number of carbonyl (C=O) groups is 1. The maximum Gasteiger partial charge on any atom is 0.226 e. The van der Waals surface area contributed by atoms with Gasteiger partial charge in [-0.2, -0.15) is 5.26 Å². The first-order chi connectivity index (χ1) is 19.9. The van der Waals surface area contributed by atoms with Crippen molar-refractivity contribution in [3.8, 4) is 6.07 Å². The number of likely N-dealkylation sites (tertiary alicyclic amines) is 1. The number of likely N-dealkylation sites (N-methyl/N-ethyl adjacent to an activating group) is 1. The first-order valence-corrected chi connectivity index (χ1v) is 15.3. The highest BCUT2D eigenvalue weighted by Gasteiger charge is 2.36. The lowest BCUT2D eigenvalue weighted by Crippen LogP contribution is -2.66. The van der Waals surface area contributed by atoms with Crippen molar-refractivity contribution in [1.29, 1.82) is 5.26 Å². The van der Waals surface area contributed by atoms with Crippen molar-refractivity contribution in [3.63, 3.8) is 0 Å². The van der Waals surface area contributed by atoms with Gasteiger partial charge in [-0.1, -0.05) is 12.1 Å². The predicted octanol–water partition coefficient (Wildman–Crippen LogP) is 4.36. The van der Waals surface area contributed by atoms with Gasteiger partial charge in [-0.3, -0.25) is 9.69 Å². The molecule has 2 N–H and O–H groups in total. The number of aryl methyl sites for hydroxylation is 1. The molecule has 1 aliphatic carbocycles. The van der Waals surface area contributed by atoms with Crippen molar-refractivity contribution in [2.45, 2.75) is 62.9 Å². The Hall–Kier alpha value is -1.96. The maximum absolute atomic E-state index is 13.7. The summed E-state index contributed by atoms with van der Waals surface area (Å²) >= 11 is 0. The van der Waals surface area contributed by atoms with Gasteiger partial charge in [0.1, 0.15) is 5.82 Å². The first-order valence-electron chi connectivity index (χ1n) is 15.3. The molecule has 0 saturated carbocycles. The lowest BCUT2D eigenvalue weighted by molar-refractivity contribution is -0.129. The van der Waals surface area contributed by atoms with Gasteiger partial charge in [-0.05, 0) is 91.6 Å². The third-order valence-electron chi connectivity index (χ3n) is 9.35. The minimum absolute atomic E-state index is 0. The van der Waals surface area contributed by atoms with E-state index in [1.807, 2.05) is 36.2 Å². The Labute approximate surface area is 280 Å². The summed E-state index contributed by atoms with van der Waals surface area (Å²) < 4.78 is 13.7. The van der Waals surface area contributed by atoms with Crippen LogP contribution < -0.4 is 5.32 Å². The fraction of sp³-hybridized carbons (Fsp3) is 0.576. The number of nitrogens with zero attached hydrogens (tertiary/aromatic N) is 4. The minimum Gasteiger partial charge on any atom is -0.396 e. The molecule has 2 saturated heterocycles. The molecule has 44 heavy (non-hydrogen) atoms. The number of amides is 1. The van der Waals surface area contributed by atoms with Gasteiger partial charge in [-0.15, -0.1) is 37.2 Å². The Kier molecular flexibility index (Phi) is 15.9. The van der Waals surface area contributed by atoms with Crippen LogP contribution in [-0.4, -0.2) is 97.3 Å². The molecule has 7 nitrogen and oxygen atoms in total. The smallest absolute Gasteiger partial charge is 0.226 e. The van der Waals surface area contributed by atoms with Crippen molar-refractivity contribution >= 4 is 43.1 Å². The number of hydrogen-bond donors (Lipinski definition) is 2. The summed E-state index contributed by atoms with van der Waals surface area (Å²) in [4.78, 5) is 20.3. The van der Waals surface area contributed by atoms with Crippen LogP contribution in [0.25, 0.3) is 0 Å². The number of nitriles is 1. The topological polar surface area (TPSA) is 82.8 Å². The zero-order valence-corrected chi connectivity index (χ0v) is 28.0. The average molecular weight is 671 g/mol. The van der Waals surface area contributed by atoms with Gasteiger partial charge in [-0.25, -0.2) is 4.39 Å². The van der Waals surface area contributed by atoms with Crippen molar-refractivity contribution in [2.24, 2.45) is 0 Å². The molecule has 2 heterocycles. The largest absolute Gasteiger partial charge is 0.396 e. The number of piperazine rings is 1. The van der Waals surface area contributed by atoms with Gasteiger partial charge < -0.3 is 20.2 Å². The van der Waals surface area contributed by atoms with Gasteiger partial charge in [0.15, 0.2) is 0 Å². The minimum atomic E-state index is -0.252. The second kappa shape index (κ2) is 18.3. The summed E-state index contributed by atoms with van der Waals surface area (Å²) in [7, 11) is 1.87. The highest BCUT2D eigenvalue weighted by molar-refractivity contribution is 5.86. The van der Waals surface area contributed by atoms with Crippen LogP contribution in [0.15, 0.2) is 36.4 Å². The van der Waals surface area contributed by atoms with E-state index in [0.717, 1.165) is 88.9 Å². The number of hydrogen-bond acceptors (Lipinski definition) is 6. The van der Waals surface area contributed by atoms with Crippen molar-refractivity contribution in [1.82, 2.24) is 20.0 Å². The van der Waals surface area contributed by atoms with Gasteiger partial charge in [0.25, 0.3) is 0 Å². The third kappa shape index (κ3) is 9.53. The zero-order valence-electron chi connectivity index (χ0n) is 25.5. The molecule has 11 heteroatoms. The average Bonchev–Trinajstić information content (AvgIpc) is 2.96. The molecule has 0 spiro atoms. The fourth-order valence-corrected chi connectivity index (χ4v) is 6.96. The molecule has 2 aromatic carbocycles.